The fraction of sp³-hybridized carbons (Fsp3) is 0.394. The number of hydrogen-bond donors (Lipinski definition) is 1. The van der Waals surface area contributed by atoms with Crippen LogP contribution in [-0.2, 0) is 32.6 Å². The van der Waals surface area contributed by atoms with E-state index in [4.69, 9.17) is 16.3 Å². The zero-order valence-corrected chi connectivity index (χ0v) is 26.9. The van der Waals surface area contributed by atoms with E-state index in [9.17, 15) is 18.0 Å². The lowest BCUT2D eigenvalue weighted by Gasteiger charge is -2.32. The Balaban J connectivity index is 1.90. The number of amides is 2. The topological polar surface area (TPSA) is 96.0 Å². The van der Waals surface area contributed by atoms with Gasteiger partial charge < -0.3 is 15.0 Å². The van der Waals surface area contributed by atoms with Crippen molar-refractivity contribution in [1.29, 1.82) is 0 Å². The highest BCUT2D eigenvalue weighted by Crippen LogP contribution is 2.30. The number of sulfonamides is 1. The van der Waals surface area contributed by atoms with Crippen LogP contribution in [0.5, 0.6) is 5.75 Å². The quantitative estimate of drug-likeness (QED) is 0.220. The summed E-state index contributed by atoms with van der Waals surface area (Å²) in [5.74, 6) is 0.163. The Bertz CT molecular complexity index is 1450. The number of nitrogens with zero attached hydrogens (tertiary/aromatic N) is 2. The minimum Gasteiger partial charge on any atom is -0.492 e. The first-order valence-electron chi connectivity index (χ1n) is 14.5. The van der Waals surface area contributed by atoms with Crippen molar-refractivity contribution in [1.82, 2.24) is 10.2 Å². The van der Waals surface area contributed by atoms with Crippen LogP contribution in [0, 0.1) is 5.92 Å². The van der Waals surface area contributed by atoms with E-state index in [1.54, 1.807) is 35.2 Å². The lowest BCUT2D eigenvalue weighted by Crippen LogP contribution is -2.51. The van der Waals surface area contributed by atoms with Crippen molar-refractivity contribution in [2.24, 2.45) is 5.92 Å². The predicted octanol–water partition coefficient (Wildman–Crippen LogP) is 5.70. The monoisotopic (exact) mass is 627 g/mol. The Labute approximate surface area is 261 Å². The Morgan fingerprint density at radius 1 is 0.953 bits per heavy atom. The largest absolute Gasteiger partial charge is 0.492 e. The van der Waals surface area contributed by atoms with Crippen molar-refractivity contribution in [3.63, 3.8) is 0 Å². The number of rotatable bonds is 16. The van der Waals surface area contributed by atoms with Crippen molar-refractivity contribution in [3.8, 4) is 5.75 Å². The normalized spacial score (nSPS) is 12.0. The average molecular weight is 628 g/mol. The van der Waals surface area contributed by atoms with E-state index in [0.29, 0.717) is 36.0 Å². The number of halogens is 1. The molecule has 1 atom stereocenters. The number of hydrogen-bond acceptors (Lipinski definition) is 5. The Hall–Kier alpha value is -3.56. The summed E-state index contributed by atoms with van der Waals surface area (Å²) < 4.78 is 32.6. The van der Waals surface area contributed by atoms with Gasteiger partial charge in [-0.15, -0.1) is 0 Å². The molecule has 3 aromatic rings. The van der Waals surface area contributed by atoms with Crippen LogP contribution in [0.2, 0.25) is 5.02 Å². The van der Waals surface area contributed by atoms with Gasteiger partial charge in [0.15, 0.2) is 0 Å². The van der Waals surface area contributed by atoms with E-state index in [0.717, 1.165) is 17.4 Å². The third-order valence-corrected chi connectivity index (χ3v) is 8.39. The van der Waals surface area contributed by atoms with Crippen molar-refractivity contribution >= 4 is 39.1 Å². The molecule has 10 heteroatoms. The summed E-state index contributed by atoms with van der Waals surface area (Å²) in [6.45, 7) is 6.90. The third-order valence-electron chi connectivity index (χ3n) is 6.84. The van der Waals surface area contributed by atoms with Crippen LogP contribution in [-0.4, -0.2) is 57.1 Å². The summed E-state index contributed by atoms with van der Waals surface area (Å²) in [4.78, 5) is 29.2. The molecule has 43 heavy (non-hydrogen) atoms. The van der Waals surface area contributed by atoms with Gasteiger partial charge in [0.2, 0.25) is 21.8 Å². The molecule has 2 amide bonds. The predicted molar refractivity (Wildman–Crippen MR) is 173 cm³/mol. The molecule has 8 nitrogen and oxygen atoms in total. The number of carbonyl (C=O) groups excluding carboxylic acids is 2. The highest BCUT2D eigenvalue weighted by Gasteiger charge is 2.31. The van der Waals surface area contributed by atoms with Crippen LogP contribution < -0.4 is 14.4 Å². The molecule has 0 saturated carbocycles. The summed E-state index contributed by atoms with van der Waals surface area (Å²) in [6.07, 6.45) is 1.71. The van der Waals surface area contributed by atoms with Gasteiger partial charge in [-0.2, -0.15) is 0 Å². The molecule has 0 heterocycles. The molecule has 0 aliphatic rings. The van der Waals surface area contributed by atoms with Crippen molar-refractivity contribution in [3.05, 3.63) is 95.0 Å². The van der Waals surface area contributed by atoms with Gasteiger partial charge in [0.1, 0.15) is 11.8 Å². The fourth-order valence-electron chi connectivity index (χ4n) is 4.71. The fourth-order valence-corrected chi connectivity index (χ4v) is 5.87. The van der Waals surface area contributed by atoms with E-state index in [2.05, 4.69) is 5.32 Å². The van der Waals surface area contributed by atoms with E-state index < -0.39 is 16.1 Å². The SMILES string of the molecule is CCOc1ccccc1N(CCCC(=O)N(Cc1ccccc1Cl)[C@@H](Cc1ccccc1)C(=O)NCC(C)C)S(C)(=O)=O. The van der Waals surface area contributed by atoms with Crippen LogP contribution in [0.4, 0.5) is 5.69 Å². The lowest BCUT2D eigenvalue weighted by atomic mass is 10.0. The number of benzene rings is 3. The molecule has 0 aliphatic heterocycles. The van der Waals surface area contributed by atoms with E-state index in [1.165, 1.54) is 4.31 Å². The zero-order chi connectivity index (χ0) is 31.4. The van der Waals surface area contributed by atoms with Gasteiger partial charge in [-0.1, -0.05) is 86.1 Å². The second-order valence-electron chi connectivity index (χ2n) is 10.8. The number of ether oxygens (including phenoxy) is 1. The van der Waals surface area contributed by atoms with Gasteiger partial charge in [-0.25, -0.2) is 8.42 Å². The molecule has 0 spiro atoms. The minimum absolute atomic E-state index is 0.0238. The summed E-state index contributed by atoms with van der Waals surface area (Å²) >= 11 is 6.50. The van der Waals surface area contributed by atoms with Crippen molar-refractivity contribution in [2.75, 3.05) is 30.3 Å². The third kappa shape index (κ3) is 10.3. The first kappa shape index (κ1) is 33.9. The molecular formula is C33H42ClN3O5S. The van der Waals surface area contributed by atoms with Crippen molar-refractivity contribution in [2.45, 2.75) is 52.6 Å². The van der Waals surface area contributed by atoms with Crippen LogP contribution in [0.1, 0.15) is 44.7 Å². The molecule has 0 unspecified atom stereocenters. The maximum atomic E-state index is 14.0. The van der Waals surface area contributed by atoms with Crippen LogP contribution in [0.3, 0.4) is 0 Å². The molecule has 0 fully saturated rings. The summed E-state index contributed by atoms with van der Waals surface area (Å²) in [6, 6.07) is 23.0. The van der Waals surface area contributed by atoms with Gasteiger partial charge in [0.25, 0.3) is 0 Å². The van der Waals surface area contributed by atoms with E-state index >= 15 is 0 Å². The summed E-state index contributed by atoms with van der Waals surface area (Å²) in [7, 11) is -3.67. The Morgan fingerprint density at radius 2 is 1.60 bits per heavy atom. The van der Waals surface area contributed by atoms with Gasteiger partial charge in [0, 0.05) is 37.5 Å². The molecule has 232 valence electrons. The maximum absolute atomic E-state index is 14.0. The van der Waals surface area contributed by atoms with Crippen LogP contribution in [0.15, 0.2) is 78.9 Å². The smallest absolute Gasteiger partial charge is 0.243 e. The second-order valence-corrected chi connectivity index (χ2v) is 13.1. The number of para-hydroxylation sites is 2. The molecule has 1 N–H and O–H groups in total. The number of carbonyl (C=O) groups is 2. The van der Waals surface area contributed by atoms with Crippen molar-refractivity contribution < 1.29 is 22.7 Å². The van der Waals surface area contributed by atoms with Gasteiger partial charge in [0.05, 0.1) is 18.6 Å². The Kier molecular flexibility index (Phi) is 12.9. The average Bonchev–Trinajstić information content (AvgIpc) is 2.97. The van der Waals surface area contributed by atoms with E-state index in [1.807, 2.05) is 69.3 Å². The Morgan fingerprint density at radius 3 is 2.26 bits per heavy atom. The van der Waals surface area contributed by atoms with Gasteiger partial charge in [-0.05, 0) is 48.6 Å². The zero-order valence-electron chi connectivity index (χ0n) is 25.3. The van der Waals surface area contributed by atoms with Gasteiger partial charge >= 0.3 is 0 Å². The summed E-state index contributed by atoms with van der Waals surface area (Å²) in [5.41, 5.74) is 2.05. The molecule has 0 radical (unpaired) electrons. The number of nitrogens with one attached hydrogen (secondary N) is 1. The molecule has 0 aromatic heterocycles. The van der Waals surface area contributed by atoms with E-state index in [-0.39, 0.29) is 43.7 Å². The maximum Gasteiger partial charge on any atom is 0.243 e. The first-order chi connectivity index (χ1) is 20.5. The minimum atomic E-state index is -3.67. The highest BCUT2D eigenvalue weighted by atomic mass is 35.5. The molecule has 0 aliphatic carbocycles. The van der Waals surface area contributed by atoms with Crippen LogP contribution in [0.25, 0.3) is 0 Å². The van der Waals surface area contributed by atoms with Crippen LogP contribution >= 0.6 is 11.6 Å². The molecule has 3 rings (SSSR count). The highest BCUT2D eigenvalue weighted by molar-refractivity contribution is 7.92. The lowest BCUT2D eigenvalue weighted by molar-refractivity contribution is -0.141. The number of anilines is 1. The molecular weight excluding hydrogens is 586 g/mol. The molecule has 0 saturated heterocycles. The molecule has 3 aromatic carbocycles. The van der Waals surface area contributed by atoms with Gasteiger partial charge in [-0.3, -0.25) is 13.9 Å². The summed E-state index contributed by atoms with van der Waals surface area (Å²) in [5, 5.41) is 3.50. The molecule has 0 bridgehead atoms. The standard InChI is InChI=1S/C33H42ClN3O5S/c1-5-42-31-19-12-11-18-29(31)37(43(4,40)41)21-13-20-32(38)36(24-27-16-9-10-17-28(27)34)30(33(39)35-23-25(2)3)22-26-14-7-6-8-15-26/h6-12,14-19,25,30H,5,13,20-24H2,1-4H3,(H,35,39)/t30-/m0/s1. The second kappa shape index (κ2) is 16.3. The first-order valence-corrected chi connectivity index (χ1v) is 16.8.